The zero-order chi connectivity index (χ0) is 15.7. The van der Waals surface area contributed by atoms with E-state index in [9.17, 15) is 8.42 Å². The second kappa shape index (κ2) is 7.13. The van der Waals surface area contributed by atoms with Gasteiger partial charge in [-0.15, -0.1) is 12.4 Å². The molecule has 0 aliphatic carbocycles. The molecule has 0 amide bonds. The summed E-state index contributed by atoms with van der Waals surface area (Å²) in [6.07, 6.45) is 4.26. The minimum atomic E-state index is -3.49. The number of rotatable bonds is 2. The number of pyridine rings is 1. The first-order chi connectivity index (χ1) is 10.5. The van der Waals surface area contributed by atoms with E-state index in [2.05, 4.69) is 17.2 Å². The minimum Gasteiger partial charge on any atom is -0.313 e. The molecule has 1 N–H and O–H groups in total. The standard InChI is InChI=1S/C16H21N3O2S.ClH/c1-12-10-17-11-14-4-3-5-15(16(12)14)22(20,21)19-8-6-13(2)18-7-9-19;/h3-5,10-11,13,18H,6-9H2,1-2H3;1H/t13-;/m0./s1. The van der Waals surface area contributed by atoms with Gasteiger partial charge in [0.1, 0.15) is 0 Å². The normalized spacial score (nSPS) is 20.0. The summed E-state index contributed by atoms with van der Waals surface area (Å²) < 4.78 is 27.8. The van der Waals surface area contributed by atoms with Crippen molar-refractivity contribution in [3.8, 4) is 0 Å². The molecule has 3 rings (SSSR count). The SMILES string of the molecule is Cc1cncc2cccc(S(=O)(=O)N3CCN[C@@H](C)CC3)c12.Cl. The molecule has 2 aromatic rings. The Morgan fingerprint density at radius 1 is 1.26 bits per heavy atom. The zero-order valence-corrected chi connectivity index (χ0v) is 15.0. The molecule has 1 aromatic heterocycles. The van der Waals surface area contributed by atoms with Crippen LogP contribution in [0.1, 0.15) is 18.9 Å². The van der Waals surface area contributed by atoms with Crippen molar-refractivity contribution in [1.29, 1.82) is 0 Å². The van der Waals surface area contributed by atoms with Crippen molar-refractivity contribution in [2.24, 2.45) is 0 Å². The minimum absolute atomic E-state index is 0. The number of aryl methyl sites for hydroxylation is 1. The van der Waals surface area contributed by atoms with Gasteiger partial charge in [0.05, 0.1) is 4.90 Å². The molecule has 2 heterocycles. The summed E-state index contributed by atoms with van der Waals surface area (Å²) in [5, 5.41) is 4.97. The largest absolute Gasteiger partial charge is 0.313 e. The summed E-state index contributed by atoms with van der Waals surface area (Å²) >= 11 is 0. The molecule has 0 saturated carbocycles. The summed E-state index contributed by atoms with van der Waals surface area (Å²) in [4.78, 5) is 4.54. The Hall–Kier alpha value is -1.21. The fourth-order valence-corrected chi connectivity index (χ4v) is 4.70. The molecule has 0 bridgehead atoms. The molecule has 7 heteroatoms. The maximum absolute atomic E-state index is 13.1. The van der Waals surface area contributed by atoms with Crippen molar-refractivity contribution in [2.45, 2.75) is 31.2 Å². The first kappa shape index (κ1) is 18.1. The molecule has 1 aromatic carbocycles. The molecule has 126 valence electrons. The van der Waals surface area contributed by atoms with E-state index in [1.807, 2.05) is 13.0 Å². The van der Waals surface area contributed by atoms with E-state index in [1.165, 1.54) is 0 Å². The van der Waals surface area contributed by atoms with E-state index in [1.54, 1.807) is 28.8 Å². The second-order valence-electron chi connectivity index (χ2n) is 5.86. The zero-order valence-electron chi connectivity index (χ0n) is 13.3. The Kier molecular flexibility index (Phi) is 5.62. The topological polar surface area (TPSA) is 62.3 Å². The molecule has 0 radical (unpaired) electrons. The van der Waals surface area contributed by atoms with Crippen LogP contribution in [0.15, 0.2) is 35.5 Å². The van der Waals surface area contributed by atoms with Gasteiger partial charge in [-0.1, -0.05) is 12.1 Å². The van der Waals surface area contributed by atoms with E-state index < -0.39 is 10.0 Å². The molecule has 0 spiro atoms. The van der Waals surface area contributed by atoms with Crippen LogP contribution in [0.25, 0.3) is 10.8 Å². The number of nitrogens with one attached hydrogen (secondary N) is 1. The third-order valence-electron chi connectivity index (χ3n) is 4.22. The predicted molar refractivity (Wildman–Crippen MR) is 94.6 cm³/mol. The predicted octanol–water partition coefficient (Wildman–Crippen LogP) is 2.34. The molecule has 1 atom stereocenters. The number of fused-ring (bicyclic) bond motifs is 1. The van der Waals surface area contributed by atoms with Crippen LogP contribution >= 0.6 is 12.4 Å². The summed E-state index contributed by atoms with van der Waals surface area (Å²) in [6.45, 7) is 5.74. The van der Waals surface area contributed by atoms with Gasteiger partial charge in [0.15, 0.2) is 0 Å². The first-order valence-corrected chi connectivity index (χ1v) is 9.01. The fraction of sp³-hybridized carbons (Fsp3) is 0.438. The van der Waals surface area contributed by atoms with Gasteiger partial charge in [0, 0.05) is 48.8 Å². The van der Waals surface area contributed by atoms with Crippen LogP contribution in [0.4, 0.5) is 0 Å². The Balaban J connectivity index is 0.00000192. The van der Waals surface area contributed by atoms with E-state index in [4.69, 9.17) is 0 Å². The van der Waals surface area contributed by atoms with E-state index in [0.29, 0.717) is 30.6 Å². The third-order valence-corrected chi connectivity index (χ3v) is 6.16. The molecule has 1 fully saturated rings. The number of aromatic nitrogens is 1. The van der Waals surface area contributed by atoms with E-state index >= 15 is 0 Å². The number of benzene rings is 1. The lowest BCUT2D eigenvalue weighted by atomic mass is 10.1. The van der Waals surface area contributed by atoms with Crippen molar-refractivity contribution >= 4 is 33.2 Å². The van der Waals surface area contributed by atoms with Crippen LogP contribution < -0.4 is 5.32 Å². The number of hydrogen-bond acceptors (Lipinski definition) is 4. The Morgan fingerprint density at radius 2 is 2.04 bits per heavy atom. The van der Waals surface area contributed by atoms with Gasteiger partial charge in [0.2, 0.25) is 10.0 Å². The van der Waals surface area contributed by atoms with Crippen molar-refractivity contribution in [3.05, 3.63) is 36.2 Å². The summed E-state index contributed by atoms with van der Waals surface area (Å²) in [5.74, 6) is 0. The lowest BCUT2D eigenvalue weighted by molar-refractivity contribution is 0.429. The highest BCUT2D eigenvalue weighted by Gasteiger charge is 2.28. The van der Waals surface area contributed by atoms with E-state index in [0.717, 1.165) is 22.8 Å². The number of halogens is 1. The number of hydrogen-bond donors (Lipinski definition) is 1. The molecular formula is C16H22ClN3O2S. The van der Waals surface area contributed by atoms with E-state index in [-0.39, 0.29) is 12.4 Å². The Bertz CT molecular complexity index is 790. The van der Waals surface area contributed by atoms with Crippen molar-refractivity contribution in [2.75, 3.05) is 19.6 Å². The van der Waals surface area contributed by atoms with Crippen molar-refractivity contribution in [3.63, 3.8) is 0 Å². The summed E-state index contributed by atoms with van der Waals surface area (Å²) in [7, 11) is -3.49. The van der Waals surface area contributed by atoms with Gasteiger partial charge < -0.3 is 5.32 Å². The molecule has 1 aliphatic rings. The molecule has 1 aliphatic heterocycles. The average Bonchev–Trinajstić information content (AvgIpc) is 2.72. The molecule has 0 unspecified atom stereocenters. The average molecular weight is 356 g/mol. The quantitative estimate of drug-likeness (QED) is 0.898. The van der Waals surface area contributed by atoms with Crippen molar-refractivity contribution < 1.29 is 8.42 Å². The van der Waals surface area contributed by atoms with Crippen LogP contribution in [0.5, 0.6) is 0 Å². The molecule has 1 saturated heterocycles. The Morgan fingerprint density at radius 3 is 2.83 bits per heavy atom. The van der Waals surface area contributed by atoms with Gasteiger partial charge in [-0.3, -0.25) is 4.98 Å². The Labute approximate surface area is 143 Å². The molecule has 5 nitrogen and oxygen atoms in total. The monoisotopic (exact) mass is 355 g/mol. The third kappa shape index (κ3) is 3.50. The van der Waals surface area contributed by atoms with Gasteiger partial charge in [-0.05, 0) is 31.9 Å². The first-order valence-electron chi connectivity index (χ1n) is 7.57. The lowest BCUT2D eigenvalue weighted by Crippen LogP contribution is -2.34. The smallest absolute Gasteiger partial charge is 0.243 e. The highest BCUT2D eigenvalue weighted by atomic mass is 35.5. The number of nitrogens with zero attached hydrogens (tertiary/aromatic N) is 2. The van der Waals surface area contributed by atoms with Gasteiger partial charge in [0.25, 0.3) is 0 Å². The van der Waals surface area contributed by atoms with Crippen LogP contribution in [0, 0.1) is 6.92 Å². The highest BCUT2D eigenvalue weighted by Crippen LogP contribution is 2.28. The molecular weight excluding hydrogens is 334 g/mol. The second-order valence-corrected chi connectivity index (χ2v) is 7.76. The van der Waals surface area contributed by atoms with Gasteiger partial charge in [-0.2, -0.15) is 4.31 Å². The fourth-order valence-electron chi connectivity index (χ4n) is 2.95. The van der Waals surface area contributed by atoms with Gasteiger partial charge >= 0.3 is 0 Å². The highest BCUT2D eigenvalue weighted by molar-refractivity contribution is 7.89. The molecule has 23 heavy (non-hydrogen) atoms. The van der Waals surface area contributed by atoms with Crippen LogP contribution in [-0.4, -0.2) is 43.4 Å². The summed E-state index contributed by atoms with van der Waals surface area (Å²) in [5.41, 5.74) is 0.887. The van der Waals surface area contributed by atoms with Crippen LogP contribution in [0.3, 0.4) is 0 Å². The van der Waals surface area contributed by atoms with Crippen LogP contribution in [0.2, 0.25) is 0 Å². The maximum Gasteiger partial charge on any atom is 0.243 e. The van der Waals surface area contributed by atoms with Crippen LogP contribution in [-0.2, 0) is 10.0 Å². The van der Waals surface area contributed by atoms with Gasteiger partial charge in [-0.25, -0.2) is 8.42 Å². The number of sulfonamides is 1. The maximum atomic E-state index is 13.1. The summed E-state index contributed by atoms with van der Waals surface area (Å²) in [6, 6.07) is 5.74. The lowest BCUT2D eigenvalue weighted by Gasteiger charge is -2.21. The van der Waals surface area contributed by atoms with Crippen molar-refractivity contribution in [1.82, 2.24) is 14.6 Å².